The van der Waals surface area contributed by atoms with Gasteiger partial charge in [0.25, 0.3) is 0 Å². The van der Waals surface area contributed by atoms with Gasteiger partial charge in [0.15, 0.2) is 0 Å². The van der Waals surface area contributed by atoms with Crippen LogP contribution in [0.5, 0.6) is 0 Å². The van der Waals surface area contributed by atoms with Crippen LogP contribution in [0.3, 0.4) is 0 Å². The van der Waals surface area contributed by atoms with Gasteiger partial charge in [-0.3, -0.25) is 4.90 Å². The van der Waals surface area contributed by atoms with Crippen LogP contribution in [0.25, 0.3) is 0 Å². The fourth-order valence-electron chi connectivity index (χ4n) is 2.76. The number of benzene rings is 1. The normalized spacial score (nSPS) is 18.9. The van der Waals surface area contributed by atoms with Gasteiger partial charge in [0.05, 0.1) is 6.61 Å². The second-order valence-electron chi connectivity index (χ2n) is 5.26. The highest BCUT2D eigenvalue weighted by Gasteiger charge is 2.23. The molecule has 2 rings (SSSR count). The first-order valence-corrected chi connectivity index (χ1v) is 7.36. The molecule has 3 heteroatoms. The first kappa shape index (κ1) is 15.0. The summed E-state index contributed by atoms with van der Waals surface area (Å²) in [5, 5.41) is 8.67. The van der Waals surface area contributed by atoms with E-state index in [9.17, 15) is 4.39 Å². The summed E-state index contributed by atoms with van der Waals surface area (Å²) < 4.78 is 14.1. The molecule has 2 nitrogen and oxygen atoms in total. The van der Waals surface area contributed by atoms with Gasteiger partial charge in [0.2, 0.25) is 0 Å². The van der Waals surface area contributed by atoms with Crippen molar-refractivity contribution in [2.24, 2.45) is 0 Å². The number of hydrogen-bond acceptors (Lipinski definition) is 2. The first-order valence-electron chi connectivity index (χ1n) is 7.36. The van der Waals surface area contributed by atoms with Gasteiger partial charge in [-0.05, 0) is 37.9 Å². The van der Waals surface area contributed by atoms with Crippen molar-refractivity contribution in [1.29, 1.82) is 0 Å². The van der Waals surface area contributed by atoms with Gasteiger partial charge in [-0.2, -0.15) is 0 Å². The number of nitrogens with zero attached hydrogens (tertiary/aromatic N) is 1. The molecule has 0 bridgehead atoms. The average molecular weight is 275 g/mol. The van der Waals surface area contributed by atoms with Gasteiger partial charge in [-0.1, -0.05) is 24.8 Å². The zero-order chi connectivity index (χ0) is 14.4. The predicted molar refractivity (Wildman–Crippen MR) is 78.7 cm³/mol. The summed E-state index contributed by atoms with van der Waals surface area (Å²) in [6.07, 6.45) is 4.00. The Kier molecular flexibility index (Phi) is 5.58. The molecule has 0 radical (unpaired) electrons. The second kappa shape index (κ2) is 7.42. The number of halogens is 1. The summed E-state index contributed by atoms with van der Waals surface area (Å²) >= 11 is 0. The maximum Gasteiger partial charge on any atom is 0.128 e. The van der Waals surface area contributed by atoms with Crippen molar-refractivity contribution in [2.45, 2.75) is 45.2 Å². The van der Waals surface area contributed by atoms with Crippen molar-refractivity contribution in [3.05, 3.63) is 35.1 Å². The summed E-state index contributed by atoms with van der Waals surface area (Å²) in [5.74, 6) is 5.50. The Morgan fingerprint density at radius 2 is 2.30 bits per heavy atom. The zero-order valence-corrected chi connectivity index (χ0v) is 12.0. The van der Waals surface area contributed by atoms with Crippen LogP contribution in [-0.2, 0) is 6.54 Å². The fraction of sp³-hybridized carbons (Fsp3) is 0.529. The molecule has 0 aliphatic carbocycles. The minimum atomic E-state index is -0.178. The summed E-state index contributed by atoms with van der Waals surface area (Å²) in [7, 11) is 0. The molecule has 1 unspecified atom stereocenters. The molecule has 1 aliphatic rings. The van der Waals surface area contributed by atoms with E-state index in [4.69, 9.17) is 5.11 Å². The summed E-state index contributed by atoms with van der Waals surface area (Å²) in [5.41, 5.74) is 1.42. The molecule has 0 amide bonds. The van der Waals surface area contributed by atoms with E-state index in [2.05, 4.69) is 23.7 Å². The first-order chi connectivity index (χ1) is 9.74. The lowest BCUT2D eigenvalue weighted by molar-refractivity contribution is 0.237. The van der Waals surface area contributed by atoms with E-state index in [1.54, 1.807) is 0 Å². The minimum Gasteiger partial charge on any atom is -0.395 e. The van der Waals surface area contributed by atoms with Crippen LogP contribution in [0.1, 0.15) is 43.7 Å². The van der Waals surface area contributed by atoms with E-state index in [0.717, 1.165) is 18.5 Å². The van der Waals surface area contributed by atoms with Gasteiger partial charge >= 0.3 is 0 Å². The molecule has 108 valence electrons. The van der Waals surface area contributed by atoms with Crippen LogP contribution in [0.4, 0.5) is 4.39 Å². The maximum absolute atomic E-state index is 14.1. The third-order valence-electron chi connectivity index (χ3n) is 3.87. The van der Waals surface area contributed by atoms with E-state index in [-0.39, 0.29) is 12.4 Å². The largest absolute Gasteiger partial charge is 0.395 e. The van der Waals surface area contributed by atoms with Crippen molar-refractivity contribution in [3.8, 4) is 11.8 Å². The number of likely N-dealkylation sites (tertiary alicyclic amines) is 1. The molecule has 1 heterocycles. The van der Waals surface area contributed by atoms with Gasteiger partial charge in [-0.25, -0.2) is 4.39 Å². The molecule has 1 aliphatic heterocycles. The Hall–Kier alpha value is -1.37. The van der Waals surface area contributed by atoms with Crippen molar-refractivity contribution in [1.82, 2.24) is 4.90 Å². The summed E-state index contributed by atoms with van der Waals surface area (Å²) in [4.78, 5) is 2.37. The lowest BCUT2D eigenvalue weighted by atomic mass is 10.1. The third-order valence-corrected chi connectivity index (χ3v) is 3.87. The highest BCUT2D eigenvalue weighted by Crippen LogP contribution is 2.23. The Balaban J connectivity index is 2.04. The van der Waals surface area contributed by atoms with Crippen LogP contribution in [0.15, 0.2) is 18.2 Å². The van der Waals surface area contributed by atoms with Crippen molar-refractivity contribution < 1.29 is 9.50 Å². The van der Waals surface area contributed by atoms with Gasteiger partial charge in [0.1, 0.15) is 5.82 Å². The van der Waals surface area contributed by atoms with Crippen LogP contribution >= 0.6 is 0 Å². The zero-order valence-electron chi connectivity index (χ0n) is 12.0. The number of hydrogen-bond donors (Lipinski definition) is 1. The number of rotatable bonds is 4. The fourth-order valence-corrected chi connectivity index (χ4v) is 2.76. The molecule has 0 spiro atoms. The van der Waals surface area contributed by atoms with Crippen LogP contribution < -0.4 is 0 Å². The highest BCUT2D eigenvalue weighted by atomic mass is 19.1. The second-order valence-corrected chi connectivity index (χ2v) is 5.26. The molecule has 1 aromatic carbocycles. The van der Waals surface area contributed by atoms with Crippen LogP contribution in [0, 0.1) is 17.7 Å². The molecule has 1 atom stereocenters. The molecule has 1 aromatic rings. The van der Waals surface area contributed by atoms with Gasteiger partial charge in [0, 0.05) is 30.1 Å². The van der Waals surface area contributed by atoms with Gasteiger partial charge < -0.3 is 5.11 Å². The Morgan fingerprint density at radius 1 is 1.45 bits per heavy atom. The van der Waals surface area contributed by atoms with Crippen molar-refractivity contribution >= 4 is 0 Å². The number of aliphatic hydroxyl groups excluding tert-OH is 1. The molecule has 1 N–H and O–H groups in total. The smallest absolute Gasteiger partial charge is 0.128 e. The van der Waals surface area contributed by atoms with Crippen molar-refractivity contribution in [2.75, 3.05) is 13.2 Å². The summed E-state index contributed by atoms with van der Waals surface area (Å²) in [6, 6.07) is 5.79. The monoisotopic (exact) mass is 275 g/mol. The molecule has 20 heavy (non-hydrogen) atoms. The molecular formula is C17H22FNO. The minimum absolute atomic E-state index is 0.0426. The SMILES string of the molecule is CCC1CCCN1Cc1ccc(C#CCCO)cc1F. The van der Waals surface area contributed by atoms with Crippen LogP contribution in [0.2, 0.25) is 0 Å². The Labute approximate surface area is 120 Å². The molecule has 0 saturated carbocycles. The Morgan fingerprint density at radius 3 is 3.00 bits per heavy atom. The molecule has 1 fully saturated rings. The molecular weight excluding hydrogens is 253 g/mol. The van der Waals surface area contributed by atoms with E-state index in [1.807, 2.05) is 12.1 Å². The lowest BCUT2D eigenvalue weighted by Crippen LogP contribution is -2.28. The average Bonchev–Trinajstić information content (AvgIpc) is 2.89. The summed E-state index contributed by atoms with van der Waals surface area (Å²) in [6.45, 7) is 3.99. The predicted octanol–water partition coefficient (Wildman–Crippen LogP) is 2.93. The van der Waals surface area contributed by atoms with E-state index >= 15 is 0 Å². The maximum atomic E-state index is 14.1. The standard InChI is InChI=1S/C17H22FNO/c1-2-16-7-5-10-19(16)13-15-9-8-14(12-17(15)18)6-3-4-11-20/h8-9,12,16,20H,2,4-5,7,10-11,13H2,1H3. The third kappa shape index (κ3) is 3.82. The molecule has 1 saturated heterocycles. The lowest BCUT2D eigenvalue weighted by Gasteiger charge is -2.23. The van der Waals surface area contributed by atoms with E-state index in [0.29, 0.717) is 24.6 Å². The number of aliphatic hydroxyl groups is 1. The highest BCUT2D eigenvalue weighted by molar-refractivity contribution is 5.37. The topological polar surface area (TPSA) is 23.5 Å². The van der Waals surface area contributed by atoms with Crippen molar-refractivity contribution in [3.63, 3.8) is 0 Å². The van der Waals surface area contributed by atoms with Crippen LogP contribution in [-0.4, -0.2) is 29.2 Å². The molecule has 0 aromatic heterocycles. The van der Waals surface area contributed by atoms with E-state index in [1.165, 1.54) is 18.9 Å². The Bertz CT molecular complexity index is 503. The van der Waals surface area contributed by atoms with Gasteiger partial charge in [-0.15, -0.1) is 0 Å². The van der Waals surface area contributed by atoms with E-state index < -0.39 is 0 Å². The quantitative estimate of drug-likeness (QED) is 0.854.